The lowest BCUT2D eigenvalue weighted by Gasteiger charge is -2.16. The van der Waals surface area contributed by atoms with Gasteiger partial charge >= 0.3 is 0 Å². The fourth-order valence-electron chi connectivity index (χ4n) is 3.69. The van der Waals surface area contributed by atoms with Crippen molar-refractivity contribution in [2.24, 2.45) is 0 Å². The van der Waals surface area contributed by atoms with Crippen molar-refractivity contribution in [2.45, 2.75) is 0 Å². The number of pyridine rings is 1. The third-order valence-electron chi connectivity index (χ3n) is 5.21. The molecule has 0 spiro atoms. The molecule has 9 heteroatoms. The summed E-state index contributed by atoms with van der Waals surface area (Å²) in [6, 6.07) is 14.3. The Kier molecular flexibility index (Phi) is 5.77. The SMILES string of the molecule is COc1cc(-c2c(C#N)c(N)nc3sc(C(=O)c4ccccc4)c(N)c23)cc(OC)c1OC. The Morgan fingerprint density at radius 1 is 1.03 bits per heavy atom. The third-order valence-corrected chi connectivity index (χ3v) is 6.31. The van der Waals surface area contributed by atoms with Crippen molar-refractivity contribution in [1.29, 1.82) is 5.26 Å². The van der Waals surface area contributed by atoms with E-state index in [0.29, 0.717) is 49.0 Å². The summed E-state index contributed by atoms with van der Waals surface area (Å²) in [5, 5.41) is 10.4. The van der Waals surface area contributed by atoms with E-state index < -0.39 is 0 Å². The van der Waals surface area contributed by atoms with E-state index in [0.717, 1.165) is 11.3 Å². The molecule has 0 atom stereocenters. The number of aromatic nitrogens is 1. The molecule has 2 heterocycles. The summed E-state index contributed by atoms with van der Waals surface area (Å²) >= 11 is 1.13. The maximum Gasteiger partial charge on any atom is 0.205 e. The number of carbonyl (C=O) groups is 1. The number of nitrogens with two attached hydrogens (primary N) is 2. The molecular weight excluding hydrogens is 440 g/mol. The van der Waals surface area contributed by atoms with Gasteiger partial charge in [-0.3, -0.25) is 4.79 Å². The highest BCUT2D eigenvalue weighted by Crippen LogP contribution is 2.47. The van der Waals surface area contributed by atoms with Crippen molar-refractivity contribution in [3.05, 3.63) is 58.5 Å². The molecule has 0 saturated carbocycles. The molecular formula is C24H20N4O4S. The van der Waals surface area contributed by atoms with Crippen LogP contribution in [0.25, 0.3) is 21.3 Å². The van der Waals surface area contributed by atoms with E-state index in [4.69, 9.17) is 25.7 Å². The summed E-state index contributed by atoms with van der Waals surface area (Å²) in [4.78, 5) is 18.3. The van der Waals surface area contributed by atoms with Gasteiger partial charge in [-0.2, -0.15) is 5.26 Å². The molecule has 0 fully saturated rings. The van der Waals surface area contributed by atoms with Crippen LogP contribution < -0.4 is 25.7 Å². The Morgan fingerprint density at radius 3 is 2.21 bits per heavy atom. The second-order valence-corrected chi connectivity index (χ2v) is 7.99. The first-order chi connectivity index (χ1) is 15.9. The zero-order valence-corrected chi connectivity index (χ0v) is 18.9. The smallest absolute Gasteiger partial charge is 0.205 e. The molecule has 33 heavy (non-hydrogen) atoms. The van der Waals surface area contributed by atoms with E-state index in [9.17, 15) is 10.1 Å². The number of rotatable bonds is 6. The first-order valence-electron chi connectivity index (χ1n) is 9.76. The second kappa shape index (κ2) is 8.68. The van der Waals surface area contributed by atoms with E-state index in [1.54, 1.807) is 36.4 Å². The van der Waals surface area contributed by atoms with Crippen molar-refractivity contribution >= 4 is 38.8 Å². The average Bonchev–Trinajstić information content (AvgIpc) is 3.17. The Labute approximate surface area is 193 Å². The van der Waals surface area contributed by atoms with Crippen LogP contribution in [-0.4, -0.2) is 32.1 Å². The molecule has 0 radical (unpaired) electrons. The quantitative estimate of drug-likeness (QED) is 0.408. The van der Waals surface area contributed by atoms with Crippen LogP contribution >= 0.6 is 11.3 Å². The Morgan fingerprint density at radius 2 is 1.67 bits per heavy atom. The minimum atomic E-state index is -0.232. The lowest BCUT2D eigenvalue weighted by molar-refractivity contribution is 0.104. The number of nitrogen functional groups attached to an aromatic ring is 2. The van der Waals surface area contributed by atoms with Gasteiger partial charge in [-0.25, -0.2) is 4.98 Å². The molecule has 8 nitrogen and oxygen atoms in total. The van der Waals surface area contributed by atoms with Gasteiger partial charge < -0.3 is 25.7 Å². The number of anilines is 2. The molecule has 166 valence electrons. The van der Waals surface area contributed by atoms with Gasteiger partial charge in [0, 0.05) is 16.5 Å². The van der Waals surface area contributed by atoms with Crippen molar-refractivity contribution in [1.82, 2.24) is 4.98 Å². The zero-order valence-electron chi connectivity index (χ0n) is 18.1. The summed E-state index contributed by atoms with van der Waals surface area (Å²) in [6.45, 7) is 0. The predicted octanol–water partition coefficient (Wildman–Crippen LogP) is 4.26. The normalized spacial score (nSPS) is 10.6. The van der Waals surface area contributed by atoms with Crippen molar-refractivity contribution in [3.8, 4) is 34.4 Å². The summed E-state index contributed by atoms with van der Waals surface area (Å²) in [7, 11) is 4.50. The number of hydrogen-bond acceptors (Lipinski definition) is 9. The minimum Gasteiger partial charge on any atom is -0.493 e. The van der Waals surface area contributed by atoms with Crippen LogP contribution in [0.15, 0.2) is 42.5 Å². The third kappa shape index (κ3) is 3.56. The highest BCUT2D eigenvalue weighted by atomic mass is 32.1. The molecule has 0 saturated heterocycles. The van der Waals surface area contributed by atoms with Gasteiger partial charge in [0.05, 0.1) is 27.0 Å². The van der Waals surface area contributed by atoms with Crippen LogP contribution in [0.1, 0.15) is 20.8 Å². The number of benzene rings is 2. The van der Waals surface area contributed by atoms with Gasteiger partial charge in [-0.1, -0.05) is 30.3 Å². The van der Waals surface area contributed by atoms with Gasteiger partial charge in [0.1, 0.15) is 27.2 Å². The van der Waals surface area contributed by atoms with Crippen LogP contribution in [0.5, 0.6) is 17.2 Å². The Hall–Kier alpha value is -4.29. The fourth-order valence-corrected chi connectivity index (χ4v) is 4.76. The lowest BCUT2D eigenvalue weighted by atomic mass is 9.96. The molecule has 0 amide bonds. The van der Waals surface area contributed by atoms with E-state index in [1.165, 1.54) is 21.3 Å². The number of ketones is 1. The molecule has 0 aliphatic heterocycles. The van der Waals surface area contributed by atoms with E-state index in [-0.39, 0.29) is 22.9 Å². The predicted molar refractivity (Wildman–Crippen MR) is 128 cm³/mol. The average molecular weight is 461 g/mol. The number of nitrogens with zero attached hydrogens (tertiary/aromatic N) is 2. The highest BCUT2D eigenvalue weighted by molar-refractivity contribution is 7.21. The van der Waals surface area contributed by atoms with Crippen molar-refractivity contribution in [2.75, 3.05) is 32.8 Å². The lowest BCUT2D eigenvalue weighted by Crippen LogP contribution is -2.03. The molecule has 0 aliphatic carbocycles. The zero-order chi connectivity index (χ0) is 23.7. The maximum absolute atomic E-state index is 13.2. The largest absolute Gasteiger partial charge is 0.493 e. The molecule has 0 aliphatic rings. The van der Waals surface area contributed by atoms with Gasteiger partial charge in [-0.05, 0) is 17.7 Å². The van der Waals surface area contributed by atoms with Gasteiger partial charge in [0.15, 0.2) is 11.5 Å². The summed E-state index contributed by atoms with van der Waals surface area (Å²) in [5.74, 6) is 0.999. The first-order valence-corrected chi connectivity index (χ1v) is 10.6. The number of nitriles is 1. The van der Waals surface area contributed by atoms with Crippen molar-refractivity contribution < 1.29 is 19.0 Å². The molecule has 0 unspecified atom stereocenters. The number of carbonyl (C=O) groups excluding carboxylic acids is 1. The number of thiophene rings is 1. The van der Waals surface area contributed by atoms with E-state index in [1.807, 2.05) is 6.07 Å². The van der Waals surface area contributed by atoms with Gasteiger partial charge in [0.25, 0.3) is 0 Å². The van der Waals surface area contributed by atoms with Crippen LogP contribution in [0, 0.1) is 11.3 Å². The monoisotopic (exact) mass is 460 g/mol. The number of hydrogen-bond donors (Lipinski definition) is 2. The van der Waals surface area contributed by atoms with Gasteiger partial charge in [0.2, 0.25) is 11.5 Å². The number of methoxy groups -OCH3 is 3. The Bertz CT molecular complexity index is 1400. The van der Waals surface area contributed by atoms with Crippen LogP contribution in [0.2, 0.25) is 0 Å². The Balaban J connectivity index is 2.06. The second-order valence-electron chi connectivity index (χ2n) is 6.99. The van der Waals surface area contributed by atoms with Crippen LogP contribution in [0.4, 0.5) is 11.5 Å². The fraction of sp³-hybridized carbons (Fsp3) is 0.125. The summed E-state index contributed by atoms with van der Waals surface area (Å²) in [6.07, 6.45) is 0. The summed E-state index contributed by atoms with van der Waals surface area (Å²) in [5.41, 5.74) is 14.5. The van der Waals surface area contributed by atoms with E-state index >= 15 is 0 Å². The van der Waals surface area contributed by atoms with Crippen LogP contribution in [0.3, 0.4) is 0 Å². The molecule has 4 N–H and O–H groups in total. The van der Waals surface area contributed by atoms with Crippen molar-refractivity contribution in [3.63, 3.8) is 0 Å². The number of ether oxygens (including phenoxy) is 3. The number of fused-ring (bicyclic) bond motifs is 1. The maximum atomic E-state index is 13.2. The highest BCUT2D eigenvalue weighted by Gasteiger charge is 2.26. The van der Waals surface area contributed by atoms with E-state index in [2.05, 4.69) is 11.1 Å². The topological polar surface area (TPSA) is 133 Å². The summed E-state index contributed by atoms with van der Waals surface area (Å²) < 4.78 is 16.3. The molecule has 2 aromatic heterocycles. The standard InChI is InChI=1S/C24H20N4O4S/c1-30-15-9-13(10-16(31-2)21(15)32-3)17-14(11-25)23(27)28-24-18(17)19(26)22(33-24)20(29)12-7-5-4-6-8-12/h4-10H,26H2,1-3H3,(H2,27,28). The minimum absolute atomic E-state index is 0.0358. The molecule has 4 rings (SSSR count). The van der Waals surface area contributed by atoms with Crippen LogP contribution in [-0.2, 0) is 0 Å². The van der Waals surface area contributed by atoms with Gasteiger partial charge in [-0.15, -0.1) is 11.3 Å². The molecule has 4 aromatic rings. The molecule has 0 bridgehead atoms. The molecule has 2 aromatic carbocycles. The first kappa shape index (κ1) is 21.9.